The molecule has 0 unspecified atom stereocenters. The molecule has 0 N–H and O–H groups in total. The van der Waals surface area contributed by atoms with Crippen LogP contribution in [0.3, 0.4) is 0 Å². The normalized spacial score (nSPS) is 15.3. The van der Waals surface area contributed by atoms with Gasteiger partial charge < -0.3 is 4.74 Å². The van der Waals surface area contributed by atoms with Gasteiger partial charge in [-0.1, -0.05) is 35.5 Å². The number of fused-ring (bicyclic) bond motifs is 1. The van der Waals surface area contributed by atoms with Crippen LogP contribution in [0.15, 0.2) is 39.3 Å². The Bertz CT molecular complexity index is 811. The molecule has 0 saturated heterocycles. The van der Waals surface area contributed by atoms with E-state index >= 15 is 0 Å². The maximum absolute atomic E-state index is 11.9. The van der Waals surface area contributed by atoms with Crippen molar-refractivity contribution in [2.45, 2.75) is 18.9 Å². The quantitative estimate of drug-likeness (QED) is 0.794. The molecule has 0 amide bonds. The van der Waals surface area contributed by atoms with Gasteiger partial charge >= 0.3 is 5.97 Å². The zero-order chi connectivity index (χ0) is 16.4. The van der Waals surface area contributed by atoms with Gasteiger partial charge in [-0.15, -0.1) is 9.89 Å². The monoisotopic (exact) mass is 348 g/mol. The number of ether oxygens (including phenoxy) is 1. The fourth-order valence-electron chi connectivity index (χ4n) is 1.96. The van der Waals surface area contributed by atoms with Gasteiger partial charge in [0.25, 0.3) is 0 Å². The fourth-order valence-corrected chi connectivity index (χ4v) is 3.06. The molecule has 1 aromatic carbocycles. The van der Waals surface area contributed by atoms with E-state index in [0.717, 1.165) is 16.2 Å². The van der Waals surface area contributed by atoms with Crippen LogP contribution in [-0.2, 0) is 4.74 Å². The SMILES string of the molecule is CCOC(=O)c1nnn2c1S/C(=C\c1ccc(Cl)cc1)C(C)=N2. The number of allylic oxidation sites excluding steroid dienone is 1. The lowest BCUT2D eigenvalue weighted by molar-refractivity contribution is 0.0515. The smallest absolute Gasteiger partial charge is 0.361 e. The molecule has 1 aliphatic rings. The molecule has 23 heavy (non-hydrogen) atoms. The molecule has 2 heterocycles. The number of carbonyl (C=O) groups excluding carboxylic acids is 1. The summed E-state index contributed by atoms with van der Waals surface area (Å²) in [6.45, 7) is 3.91. The average molecular weight is 349 g/mol. The molecule has 3 rings (SSSR count). The molecule has 8 heteroatoms. The van der Waals surface area contributed by atoms with Crippen molar-refractivity contribution < 1.29 is 9.53 Å². The summed E-state index contributed by atoms with van der Waals surface area (Å²) < 4.78 is 5.00. The Morgan fingerprint density at radius 3 is 2.83 bits per heavy atom. The van der Waals surface area contributed by atoms with E-state index in [1.54, 1.807) is 6.92 Å². The van der Waals surface area contributed by atoms with Gasteiger partial charge in [-0.2, -0.15) is 5.10 Å². The van der Waals surface area contributed by atoms with Gasteiger partial charge in [0, 0.05) is 9.93 Å². The lowest BCUT2D eigenvalue weighted by Crippen LogP contribution is -2.11. The third kappa shape index (κ3) is 3.30. The fraction of sp³-hybridized carbons (Fsp3) is 0.200. The predicted octanol–water partition coefficient (Wildman–Crippen LogP) is 3.48. The molecule has 1 aromatic heterocycles. The van der Waals surface area contributed by atoms with E-state index in [1.807, 2.05) is 37.3 Å². The molecule has 0 spiro atoms. The van der Waals surface area contributed by atoms with Gasteiger partial charge in [-0.05, 0) is 42.8 Å². The first-order chi connectivity index (χ1) is 11.1. The molecule has 1 aliphatic heterocycles. The Hall–Kier alpha value is -2.12. The molecule has 6 nitrogen and oxygen atoms in total. The lowest BCUT2D eigenvalue weighted by Gasteiger charge is -2.13. The highest BCUT2D eigenvalue weighted by atomic mass is 35.5. The van der Waals surface area contributed by atoms with Crippen molar-refractivity contribution in [2.75, 3.05) is 6.61 Å². The second-order valence-electron chi connectivity index (χ2n) is 4.70. The number of nitrogens with zero attached hydrogens (tertiary/aromatic N) is 4. The Labute approximate surface area is 142 Å². The van der Waals surface area contributed by atoms with Crippen LogP contribution in [0, 0.1) is 0 Å². The van der Waals surface area contributed by atoms with E-state index in [1.165, 1.54) is 16.6 Å². The number of benzene rings is 1. The van der Waals surface area contributed by atoms with Gasteiger partial charge in [-0.3, -0.25) is 0 Å². The first kappa shape index (κ1) is 15.8. The van der Waals surface area contributed by atoms with Crippen LogP contribution in [0.1, 0.15) is 29.9 Å². The van der Waals surface area contributed by atoms with E-state index < -0.39 is 5.97 Å². The number of aromatic nitrogens is 3. The highest BCUT2D eigenvalue weighted by molar-refractivity contribution is 8.04. The minimum absolute atomic E-state index is 0.176. The van der Waals surface area contributed by atoms with Crippen molar-refractivity contribution in [3.63, 3.8) is 0 Å². The molecule has 0 bridgehead atoms. The van der Waals surface area contributed by atoms with Gasteiger partial charge in [0.15, 0.2) is 5.03 Å². The van der Waals surface area contributed by atoms with E-state index in [-0.39, 0.29) is 12.3 Å². The highest BCUT2D eigenvalue weighted by Gasteiger charge is 2.26. The Balaban J connectivity index is 1.95. The second kappa shape index (κ2) is 6.55. The summed E-state index contributed by atoms with van der Waals surface area (Å²) in [6.07, 6.45) is 1.98. The summed E-state index contributed by atoms with van der Waals surface area (Å²) in [5, 5.41) is 13.3. The van der Waals surface area contributed by atoms with Crippen molar-refractivity contribution in [1.29, 1.82) is 0 Å². The van der Waals surface area contributed by atoms with Crippen LogP contribution < -0.4 is 0 Å². The summed E-state index contributed by atoms with van der Waals surface area (Å²) >= 11 is 7.29. The van der Waals surface area contributed by atoms with Gasteiger partial charge in [-0.25, -0.2) is 4.79 Å². The molecule has 0 aliphatic carbocycles. The summed E-state index contributed by atoms with van der Waals surface area (Å²) in [4.78, 5) is 14.2. The van der Waals surface area contributed by atoms with Crippen LogP contribution in [0.4, 0.5) is 0 Å². The van der Waals surface area contributed by atoms with Gasteiger partial charge in [0.05, 0.1) is 12.3 Å². The maximum atomic E-state index is 11.9. The molecule has 118 valence electrons. The minimum Gasteiger partial charge on any atom is -0.461 e. The zero-order valence-corrected chi connectivity index (χ0v) is 14.1. The highest BCUT2D eigenvalue weighted by Crippen LogP contribution is 2.34. The van der Waals surface area contributed by atoms with Gasteiger partial charge in [0.1, 0.15) is 0 Å². The standard InChI is InChI=1S/C15H13ClN4O2S/c1-3-22-15(21)13-14-20(19-17-13)18-9(2)12(23-14)8-10-4-6-11(16)7-5-10/h4-8H,3H2,1-2H3/b12-8-. The number of halogens is 1. The summed E-state index contributed by atoms with van der Waals surface area (Å²) in [7, 11) is 0. The van der Waals surface area contributed by atoms with E-state index in [4.69, 9.17) is 16.3 Å². The molecular weight excluding hydrogens is 336 g/mol. The molecule has 0 saturated carbocycles. The Morgan fingerprint density at radius 2 is 2.13 bits per heavy atom. The third-order valence-corrected chi connectivity index (χ3v) is 4.49. The average Bonchev–Trinajstić information content (AvgIpc) is 2.93. The Kier molecular flexibility index (Phi) is 4.49. The zero-order valence-electron chi connectivity index (χ0n) is 12.5. The van der Waals surface area contributed by atoms with Crippen molar-refractivity contribution in [3.8, 4) is 0 Å². The molecular formula is C15H13ClN4O2S. The number of rotatable bonds is 3. The van der Waals surface area contributed by atoms with E-state index in [0.29, 0.717) is 10.0 Å². The minimum atomic E-state index is -0.498. The van der Waals surface area contributed by atoms with Crippen molar-refractivity contribution in [2.24, 2.45) is 5.10 Å². The molecule has 0 radical (unpaired) electrons. The summed E-state index contributed by atoms with van der Waals surface area (Å²) in [6, 6.07) is 7.48. The number of carbonyl (C=O) groups is 1. The predicted molar refractivity (Wildman–Crippen MR) is 89.8 cm³/mol. The van der Waals surface area contributed by atoms with Gasteiger partial charge in [0.2, 0.25) is 5.69 Å². The van der Waals surface area contributed by atoms with E-state index in [9.17, 15) is 4.79 Å². The van der Waals surface area contributed by atoms with Crippen molar-refractivity contribution >= 4 is 41.1 Å². The number of esters is 1. The van der Waals surface area contributed by atoms with Crippen molar-refractivity contribution in [3.05, 3.63) is 45.5 Å². The summed E-state index contributed by atoms with van der Waals surface area (Å²) in [5.41, 5.74) is 1.96. The molecule has 0 fully saturated rings. The molecule has 0 atom stereocenters. The molecule has 2 aromatic rings. The number of hydrogen-bond acceptors (Lipinski definition) is 6. The number of hydrogen-bond donors (Lipinski definition) is 0. The van der Waals surface area contributed by atoms with Crippen LogP contribution in [0.25, 0.3) is 6.08 Å². The first-order valence-electron chi connectivity index (χ1n) is 6.92. The Morgan fingerprint density at radius 1 is 1.39 bits per heavy atom. The van der Waals surface area contributed by atoms with Crippen LogP contribution in [0.2, 0.25) is 5.02 Å². The summed E-state index contributed by atoms with van der Waals surface area (Å²) in [5.74, 6) is -0.498. The third-order valence-electron chi connectivity index (χ3n) is 3.06. The largest absolute Gasteiger partial charge is 0.461 e. The van der Waals surface area contributed by atoms with E-state index in [2.05, 4.69) is 15.4 Å². The maximum Gasteiger partial charge on any atom is 0.361 e. The lowest BCUT2D eigenvalue weighted by atomic mass is 10.2. The second-order valence-corrected chi connectivity index (χ2v) is 6.17. The first-order valence-corrected chi connectivity index (χ1v) is 8.12. The van der Waals surface area contributed by atoms with Crippen molar-refractivity contribution in [1.82, 2.24) is 15.1 Å². The number of thioether (sulfide) groups is 1. The topological polar surface area (TPSA) is 69.4 Å². The van der Waals surface area contributed by atoms with Crippen LogP contribution in [-0.4, -0.2) is 33.4 Å². The van der Waals surface area contributed by atoms with Crippen LogP contribution >= 0.6 is 23.4 Å². The van der Waals surface area contributed by atoms with Crippen LogP contribution in [0.5, 0.6) is 0 Å².